The van der Waals surface area contributed by atoms with Crippen molar-refractivity contribution in [2.45, 2.75) is 13.5 Å². The van der Waals surface area contributed by atoms with Crippen LogP contribution in [0.4, 0.5) is 4.39 Å². The molecule has 12 heavy (non-hydrogen) atoms. The van der Waals surface area contributed by atoms with Crippen LogP contribution in [0.3, 0.4) is 0 Å². The molecule has 3 heteroatoms. The van der Waals surface area contributed by atoms with Crippen LogP contribution >= 0.6 is 0 Å². The molecule has 0 spiro atoms. The third-order valence-electron chi connectivity index (χ3n) is 1.73. The summed E-state index contributed by atoms with van der Waals surface area (Å²) in [6.45, 7) is 1.44. The van der Waals surface area contributed by atoms with Crippen molar-refractivity contribution in [2.24, 2.45) is 0 Å². The molecule has 0 radical (unpaired) electrons. The molecule has 1 N–H and O–H groups in total. The van der Waals surface area contributed by atoms with Crippen LogP contribution in [-0.2, 0) is 6.61 Å². The minimum absolute atomic E-state index is 0.208. The lowest BCUT2D eigenvalue weighted by molar-refractivity contribution is 0.273. The Labute approximate surface area is 70.6 Å². The maximum atomic E-state index is 12.9. The second-order valence-electron chi connectivity index (χ2n) is 2.57. The molecule has 0 unspecified atom stereocenters. The minimum atomic E-state index is -0.320. The molecule has 0 aliphatic heterocycles. The van der Waals surface area contributed by atoms with Crippen molar-refractivity contribution in [1.29, 1.82) is 0 Å². The Bertz CT molecular complexity index is 255. The largest absolute Gasteiger partial charge is 0.496 e. The first-order valence-electron chi connectivity index (χ1n) is 3.63. The monoisotopic (exact) mass is 170 g/mol. The predicted molar refractivity (Wildman–Crippen MR) is 43.6 cm³/mol. The molecule has 0 aliphatic rings. The maximum Gasteiger partial charge on any atom is 0.126 e. The Hall–Kier alpha value is -1.09. The van der Waals surface area contributed by atoms with Crippen molar-refractivity contribution >= 4 is 0 Å². The van der Waals surface area contributed by atoms with Gasteiger partial charge in [0.05, 0.1) is 13.7 Å². The average molecular weight is 170 g/mol. The number of aryl methyl sites for hydroxylation is 1. The van der Waals surface area contributed by atoms with Gasteiger partial charge in [-0.25, -0.2) is 4.39 Å². The van der Waals surface area contributed by atoms with E-state index in [0.29, 0.717) is 16.9 Å². The summed E-state index contributed by atoms with van der Waals surface area (Å²) in [5, 5.41) is 8.82. The van der Waals surface area contributed by atoms with E-state index in [1.165, 1.54) is 13.2 Å². The van der Waals surface area contributed by atoms with E-state index in [-0.39, 0.29) is 12.4 Å². The van der Waals surface area contributed by atoms with Crippen molar-refractivity contribution in [1.82, 2.24) is 0 Å². The first-order chi connectivity index (χ1) is 5.69. The molecule has 0 aromatic heterocycles. The smallest absolute Gasteiger partial charge is 0.126 e. The molecular weight excluding hydrogens is 159 g/mol. The number of aliphatic hydroxyl groups excluding tert-OH is 1. The van der Waals surface area contributed by atoms with Gasteiger partial charge in [-0.3, -0.25) is 0 Å². The van der Waals surface area contributed by atoms with Gasteiger partial charge in [0, 0.05) is 5.56 Å². The topological polar surface area (TPSA) is 29.5 Å². The fraction of sp³-hybridized carbons (Fsp3) is 0.333. The van der Waals surface area contributed by atoms with Gasteiger partial charge in [0.25, 0.3) is 0 Å². The zero-order valence-electron chi connectivity index (χ0n) is 7.10. The summed E-state index contributed by atoms with van der Waals surface area (Å²) in [7, 11) is 1.49. The molecule has 0 heterocycles. The van der Waals surface area contributed by atoms with Gasteiger partial charge in [0.15, 0.2) is 0 Å². The van der Waals surface area contributed by atoms with Gasteiger partial charge in [0.1, 0.15) is 11.6 Å². The third kappa shape index (κ3) is 1.56. The number of benzene rings is 1. The Morgan fingerprint density at radius 3 is 2.67 bits per heavy atom. The van der Waals surface area contributed by atoms with Crippen molar-refractivity contribution in [3.63, 3.8) is 0 Å². The van der Waals surface area contributed by atoms with Crippen LogP contribution < -0.4 is 4.74 Å². The number of halogens is 1. The second-order valence-corrected chi connectivity index (χ2v) is 2.57. The summed E-state index contributed by atoms with van der Waals surface area (Å²) in [5.41, 5.74) is 0.990. The van der Waals surface area contributed by atoms with E-state index in [1.54, 1.807) is 13.0 Å². The van der Waals surface area contributed by atoms with E-state index in [4.69, 9.17) is 9.84 Å². The van der Waals surface area contributed by atoms with E-state index in [1.807, 2.05) is 0 Å². The van der Waals surface area contributed by atoms with Crippen LogP contribution in [0.15, 0.2) is 12.1 Å². The molecule has 0 aliphatic carbocycles. The van der Waals surface area contributed by atoms with Crippen LogP contribution in [0, 0.1) is 12.7 Å². The van der Waals surface area contributed by atoms with Crippen molar-refractivity contribution < 1.29 is 14.2 Å². The fourth-order valence-electron chi connectivity index (χ4n) is 1.01. The van der Waals surface area contributed by atoms with Gasteiger partial charge >= 0.3 is 0 Å². The lowest BCUT2D eigenvalue weighted by Gasteiger charge is -2.07. The SMILES string of the molecule is COc1cc(C)c(F)cc1CO. The average Bonchev–Trinajstić information content (AvgIpc) is 2.09. The zero-order valence-corrected chi connectivity index (χ0v) is 7.10. The van der Waals surface area contributed by atoms with Crippen molar-refractivity contribution in [2.75, 3.05) is 7.11 Å². The molecule has 0 fully saturated rings. The molecule has 66 valence electrons. The molecule has 0 bridgehead atoms. The first kappa shape index (κ1) is 9.00. The Balaban J connectivity index is 3.19. The van der Waals surface area contributed by atoms with E-state index >= 15 is 0 Å². The number of ether oxygens (including phenoxy) is 1. The van der Waals surface area contributed by atoms with Crippen LogP contribution in [0.25, 0.3) is 0 Å². The number of aliphatic hydroxyl groups is 1. The Morgan fingerprint density at radius 2 is 2.17 bits per heavy atom. The van der Waals surface area contributed by atoms with E-state index < -0.39 is 0 Å². The summed E-state index contributed by atoms with van der Waals surface area (Å²) in [6, 6.07) is 2.86. The highest BCUT2D eigenvalue weighted by atomic mass is 19.1. The van der Waals surface area contributed by atoms with Gasteiger partial charge < -0.3 is 9.84 Å². The highest BCUT2D eigenvalue weighted by molar-refractivity contribution is 5.37. The van der Waals surface area contributed by atoms with Gasteiger partial charge in [0.2, 0.25) is 0 Å². The van der Waals surface area contributed by atoms with Gasteiger partial charge in [-0.05, 0) is 24.6 Å². The highest BCUT2D eigenvalue weighted by Crippen LogP contribution is 2.22. The zero-order chi connectivity index (χ0) is 9.14. The number of methoxy groups -OCH3 is 1. The second kappa shape index (κ2) is 3.54. The molecule has 1 aromatic rings. The normalized spacial score (nSPS) is 10.0. The van der Waals surface area contributed by atoms with Crippen LogP contribution in [0.1, 0.15) is 11.1 Å². The Kier molecular flexibility index (Phi) is 2.65. The van der Waals surface area contributed by atoms with E-state index in [9.17, 15) is 4.39 Å². The van der Waals surface area contributed by atoms with Gasteiger partial charge in [-0.15, -0.1) is 0 Å². The van der Waals surface area contributed by atoms with Crippen LogP contribution in [-0.4, -0.2) is 12.2 Å². The summed E-state index contributed by atoms with van der Waals surface area (Å²) in [4.78, 5) is 0. The standard InChI is InChI=1S/C9H11FO2/c1-6-3-9(12-2)7(5-11)4-8(6)10/h3-4,11H,5H2,1-2H3. The lowest BCUT2D eigenvalue weighted by atomic mass is 10.1. The lowest BCUT2D eigenvalue weighted by Crippen LogP contribution is -1.94. The molecule has 0 saturated heterocycles. The van der Waals surface area contributed by atoms with Gasteiger partial charge in [-0.1, -0.05) is 0 Å². The van der Waals surface area contributed by atoms with E-state index in [0.717, 1.165) is 0 Å². The Morgan fingerprint density at radius 1 is 1.50 bits per heavy atom. The summed E-state index contributed by atoms with van der Waals surface area (Å²) in [5.74, 6) is 0.205. The van der Waals surface area contributed by atoms with Crippen molar-refractivity contribution in [3.05, 3.63) is 29.1 Å². The van der Waals surface area contributed by atoms with Crippen molar-refractivity contribution in [3.8, 4) is 5.75 Å². The molecule has 1 rings (SSSR count). The summed E-state index contributed by atoms with van der Waals surface area (Å²) >= 11 is 0. The van der Waals surface area contributed by atoms with Crippen LogP contribution in [0.5, 0.6) is 5.75 Å². The number of hydrogen-bond acceptors (Lipinski definition) is 2. The first-order valence-corrected chi connectivity index (χ1v) is 3.63. The summed E-state index contributed by atoms with van der Waals surface area (Å²) < 4.78 is 17.9. The highest BCUT2D eigenvalue weighted by Gasteiger charge is 2.05. The molecule has 0 saturated carbocycles. The fourth-order valence-corrected chi connectivity index (χ4v) is 1.01. The molecule has 2 nitrogen and oxygen atoms in total. The van der Waals surface area contributed by atoms with Crippen LogP contribution in [0.2, 0.25) is 0 Å². The predicted octanol–water partition coefficient (Wildman–Crippen LogP) is 1.64. The van der Waals surface area contributed by atoms with Gasteiger partial charge in [-0.2, -0.15) is 0 Å². The molecule has 1 aromatic carbocycles. The number of rotatable bonds is 2. The minimum Gasteiger partial charge on any atom is -0.496 e. The third-order valence-corrected chi connectivity index (χ3v) is 1.73. The maximum absolute atomic E-state index is 12.9. The van der Waals surface area contributed by atoms with E-state index in [2.05, 4.69) is 0 Å². The quantitative estimate of drug-likeness (QED) is 0.731. The summed E-state index contributed by atoms with van der Waals surface area (Å²) in [6.07, 6.45) is 0. The molecular formula is C9H11FO2. The molecule has 0 atom stereocenters. The molecule has 0 amide bonds. The number of hydrogen-bond donors (Lipinski definition) is 1.